The number of nitrogens with zero attached hydrogens (tertiary/aromatic N) is 2. The topological polar surface area (TPSA) is 17.8 Å². The molecule has 8 aromatic carbocycles. The third-order valence-corrected chi connectivity index (χ3v) is 13.1. The summed E-state index contributed by atoms with van der Waals surface area (Å²) < 4.78 is 6.50. The van der Waals surface area contributed by atoms with Crippen LogP contribution in [-0.4, -0.2) is 9.55 Å². The predicted octanol–water partition coefficient (Wildman–Crippen LogP) is 14.0. The van der Waals surface area contributed by atoms with E-state index in [0.29, 0.717) is 0 Å². The minimum Gasteiger partial charge on any atom is -0.301 e. The van der Waals surface area contributed by atoms with Gasteiger partial charge in [0, 0.05) is 68.4 Å². The van der Waals surface area contributed by atoms with E-state index in [1.165, 1.54) is 89.1 Å². The molecule has 0 saturated heterocycles. The van der Waals surface area contributed by atoms with E-state index in [0.717, 1.165) is 22.5 Å². The minimum absolute atomic E-state index is 1.01. The lowest BCUT2D eigenvalue weighted by Gasteiger charge is -2.16. The van der Waals surface area contributed by atoms with E-state index in [4.69, 9.17) is 4.98 Å². The molecule has 0 radical (unpaired) electrons. The fourth-order valence-corrected chi connectivity index (χ4v) is 11.1. The van der Waals surface area contributed by atoms with Crippen LogP contribution in [0.25, 0.3) is 112 Å². The lowest BCUT2D eigenvalue weighted by Crippen LogP contribution is -1.95. The van der Waals surface area contributed by atoms with Crippen molar-refractivity contribution in [2.75, 3.05) is 0 Å². The summed E-state index contributed by atoms with van der Waals surface area (Å²) in [5, 5.41) is 15.4. The van der Waals surface area contributed by atoms with Gasteiger partial charge >= 0.3 is 0 Å². The standard InChI is InChI=1S/C47H26N2S2/c1-3-14-32-29(11-1)30-12-2-4-15-33(30)42-41(32)35-16-5-8-18-37(35)48-45(42)27-21-23-28(24-22-27)49-38-26-25-34-31-13-6-9-19-39(31)50-46(34)44(38)43-36-17-7-10-20-40(36)51-47(43)49/h1-26H. The molecule has 0 bridgehead atoms. The van der Waals surface area contributed by atoms with Crippen LogP contribution in [0, 0.1) is 0 Å². The van der Waals surface area contributed by atoms with Gasteiger partial charge in [0.25, 0.3) is 0 Å². The van der Waals surface area contributed by atoms with Crippen molar-refractivity contribution < 1.29 is 0 Å². The molecule has 0 aliphatic rings. The molecule has 0 N–H and O–H groups in total. The van der Waals surface area contributed by atoms with Crippen LogP contribution >= 0.6 is 22.7 Å². The number of aromatic nitrogens is 2. The van der Waals surface area contributed by atoms with E-state index in [1.54, 1.807) is 0 Å². The summed E-state index contributed by atoms with van der Waals surface area (Å²) in [6.07, 6.45) is 0. The number of hydrogen-bond donors (Lipinski definition) is 0. The van der Waals surface area contributed by atoms with Gasteiger partial charge in [0.2, 0.25) is 0 Å². The molecule has 4 aromatic heterocycles. The van der Waals surface area contributed by atoms with E-state index < -0.39 is 0 Å². The van der Waals surface area contributed by atoms with Crippen molar-refractivity contribution in [3.8, 4) is 16.9 Å². The van der Waals surface area contributed by atoms with Crippen LogP contribution in [0.1, 0.15) is 0 Å². The molecule has 0 aliphatic heterocycles. The second kappa shape index (κ2) is 10.2. The number of hydrogen-bond acceptors (Lipinski definition) is 3. The number of rotatable bonds is 2. The van der Waals surface area contributed by atoms with Crippen molar-refractivity contribution in [1.29, 1.82) is 0 Å². The summed E-state index contributed by atoms with van der Waals surface area (Å²) in [6.45, 7) is 0. The van der Waals surface area contributed by atoms with Crippen LogP contribution in [0.4, 0.5) is 0 Å². The lowest BCUT2D eigenvalue weighted by molar-refractivity contribution is 1.19. The third-order valence-electron chi connectivity index (χ3n) is 10.8. The highest BCUT2D eigenvalue weighted by atomic mass is 32.1. The zero-order chi connectivity index (χ0) is 33.2. The summed E-state index contributed by atoms with van der Waals surface area (Å²) in [6, 6.07) is 57.7. The molecule has 12 aromatic rings. The fraction of sp³-hybridized carbons (Fsp3) is 0. The van der Waals surface area contributed by atoms with E-state index in [1.807, 2.05) is 22.7 Å². The normalized spacial score (nSPS) is 12.3. The quantitative estimate of drug-likeness (QED) is 0.166. The maximum Gasteiger partial charge on any atom is 0.109 e. The summed E-state index contributed by atoms with van der Waals surface area (Å²) in [4.78, 5) is 6.69. The first-order valence-corrected chi connectivity index (χ1v) is 18.9. The zero-order valence-electron chi connectivity index (χ0n) is 27.2. The molecule has 0 fully saturated rings. The molecule has 2 nitrogen and oxygen atoms in total. The van der Waals surface area contributed by atoms with Crippen LogP contribution in [-0.2, 0) is 0 Å². The zero-order valence-corrected chi connectivity index (χ0v) is 28.9. The molecule has 4 heteroatoms. The Bertz CT molecular complexity index is 3420. The van der Waals surface area contributed by atoms with Crippen molar-refractivity contribution in [3.63, 3.8) is 0 Å². The van der Waals surface area contributed by atoms with Crippen molar-refractivity contribution in [2.45, 2.75) is 0 Å². The van der Waals surface area contributed by atoms with Gasteiger partial charge in [-0.15, -0.1) is 22.7 Å². The van der Waals surface area contributed by atoms with Crippen LogP contribution in [0.2, 0.25) is 0 Å². The van der Waals surface area contributed by atoms with E-state index >= 15 is 0 Å². The summed E-state index contributed by atoms with van der Waals surface area (Å²) in [5.41, 5.74) is 5.56. The highest BCUT2D eigenvalue weighted by molar-refractivity contribution is 7.28. The second-order valence-corrected chi connectivity index (χ2v) is 15.5. The Morgan fingerprint density at radius 1 is 0.392 bits per heavy atom. The largest absolute Gasteiger partial charge is 0.301 e. The minimum atomic E-state index is 1.01. The maximum absolute atomic E-state index is 5.40. The molecule has 0 amide bonds. The fourth-order valence-electron chi connectivity index (χ4n) is 8.61. The number of pyridine rings is 1. The van der Waals surface area contributed by atoms with Gasteiger partial charge in [0.05, 0.1) is 16.7 Å². The molecule has 12 rings (SSSR count). The van der Waals surface area contributed by atoms with Gasteiger partial charge in [-0.2, -0.15) is 0 Å². The molecule has 0 unspecified atom stereocenters. The average molecular weight is 683 g/mol. The SMILES string of the molecule is c1ccc2c(c1)nc(-c1ccc(-n3c4ccc5c6ccccc6sc5c4c4c5ccccc5sc43)cc1)c1c3ccccc3c3ccccc3c21. The Labute approximate surface area is 300 Å². The Morgan fingerprint density at radius 2 is 0.980 bits per heavy atom. The molecule has 4 heterocycles. The first-order chi connectivity index (χ1) is 25.3. The predicted molar refractivity (Wildman–Crippen MR) is 222 cm³/mol. The maximum atomic E-state index is 5.40. The molecular formula is C47H26N2S2. The first kappa shape index (κ1) is 27.7. The number of benzene rings is 8. The Balaban J connectivity index is 1.15. The average Bonchev–Trinajstić information content (AvgIpc) is 3.86. The Kier molecular flexibility index (Phi) is 5.56. The van der Waals surface area contributed by atoms with Gasteiger partial charge in [-0.1, -0.05) is 121 Å². The van der Waals surface area contributed by atoms with Gasteiger partial charge in [-0.05, 0) is 57.9 Å². The number of fused-ring (bicyclic) bond motifs is 17. The van der Waals surface area contributed by atoms with Crippen LogP contribution in [0.3, 0.4) is 0 Å². The molecule has 0 saturated carbocycles. The molecule has 0 spiro atoms. The highest BCUT2D eigenvalue weighted by Gasteiger charge is 2.22. The van der Waals surface area contributed by atoms with Crippen LogP contribution in [0.5, 0.6) is 0 Å². The third kappa shape index (κ3) is 3.73. The van der Waals surface area contributed by atoms with Gasteiger partial charge in [0.1, 0.15) is 4.83 Å². The summed E-state index contributed by atoms with van der Waals surface area (Å²) in [7, 11) is 0. The smallest absolute Gasteiger partial charge is 0.109 e. The molecule has 51 heavy (non-hydrogen) atoms. The highest BCUT2D eigenvalue weighted by Crippen LogP contribution is 2.48. The summed E-state index contributed by atoms with van der Waals surface area (Å²) in [5.74, 6) is 0. The van der Waals surface area contributed by atoms with Gasteiger partial charge < -0.3 is 4.57 Å². The van der Waals surface area contributed by atoms with Gasteiger partial charge in [0.15, 0.2) is 0 Å². The first-order valence-electron chi connectivity index (χ1n) is 17.3. The molecule has 236 valence electrons. The monoisotopic (exact) mass is 682 g/mol. The van der Waals surface area contributed by atoms with E-state index in [-0.39, 0.29) is 0 Å². The second-order valence-electron chi connectivity index (χ2n) is 13.4. The van der Waals surface area contributed by atoms with Crippen LogP contribution in [0.15, 0.2) is 158 Å². The van der Waals surface area contributed by atoms with Gasteiger partial charge in [-0.25, -0.2) is 4.98 Å². The van der Waals surface area contributed by atoms with Crippen LogP contribution < -0.4 is 0 Å². The van der Waals surface area contributed by atoms with Crippen molar-refractivity contribution >= 4 is 117 Å². The van der Waals surface area contributed by atoms with Crippen molar-refractivity contribution in [3.05, 3.63) is 158 Å². The summed E-state index contributed by atoms with van der Waals surface area (Å²) >= 11 is 3.80. The van der Waals surface area contributed by atoms with E-state index in [9.17, 15) is 0 Å². The Morgan fingerprint density at radius 3 is 1.73 bits per heavy atom. The number of thiophene rings is 2. The van der Waals surface area contributed by atoms with Gasteiger partial charge in [-0.3, -0.25) is 0 Å². The molecule has 0 aliphatic carbocycles. The van der Waals surface area contributed by atoms with Crippen molar-refractivity contribution in [1.82, 2.24) is 9.55 Å². The van der Waals surface area contributed by atoms with Crippen molar-refractivity contribution in [2.24, 2.45) is 0 Å². The van der Waals surface area contributed by atoms with E-state index in [2.05, 4.69) is 162 Å². The number of para-hydroxylation sites is 1. The molecular weight excluding hydrogens is 657 g/mol. The molecule has 0 atom stereocenters. The Hall–Kier alpha value is -6.07. The lowest BCUT2D eigenvalue weighted by atomic mass is 9.90.